The van der Waals surface area contributed by atoms with E-state index in [9.17, 15) is 9.18 Å². The summed E-state index contributed by atoms with van der Waals surface area (Å²) in [7, 11) is 0. The zero-order valence-electron chi connectivity index (χ0n) is 9.08. The van der Waals surface area contributed by atoms with Crippen LogP contribution in [0.2, 0.25) is 0 Å². The molecule has 2 rings (SSSR count). The first-order valence-electron chi connectivity index (χ1n) is 4.96. The summed E-state index contributed by atoms with van der Waals surface area (Å²) in [6.07, 6.45) is 1.54. The van der Waals surface area contributed by atoms with E-state index in [4.69, 9.17) is 9.84 Å². The smallest absolute Gasteiger partial charge is 0.336 e. The zero-order chi connectivity index (χ0) is 13.1. The molecular formula is C11H9FN2O3S. The molecule has 0 aliphatic heterocycles. The van der Waals surface area contributed by atoms with E-state index in [1.54, 1.807) is 0 Å². The predicted molar refractivity (Wildman–Crippen MR) is 64.3 cm³/mol. The number of rotatable bonds is 4. The first-order chi connectivity index (χ1) is 8.58. The lowest BCUT2D eigenvalue weighted by Crippen LogP contribution is -2.08. The molecule has 0 saturated heterocycles. The van der Waals surface area contributed by atoms with Crippen molar-refractivity contribution < 1.29 is 19.0 Å². The summed E-state index contributed by atoms with van der Waals surface area (Å²) in [5.74, 6) is -1.59. The van der Waals surface area contributed by atoms with Crippen LogP contribution in [0.3, 0.4) is 0 Å². The zero-order valence-corrected chi connectivity index (χ0v) is 9.97. The molecule has 2 aromatic rings. The Kier molecular flexibility index (Phi) is 3.52. The second-order valence-corrected chi connectivity index (χ2v) is 3.84. The number of hydrogen-bond donors (Lipinski definition) is 2. The lowest BCUT2D eigenvalue weighted by molar-refractivity contribution is 0.0693. The summed E-state index contributed by atoms with van der Waals surface area (Å²) in [5.41, 5.74) is -0.140. The van der Waals surface area contributed by atoms with Crippen LogP contribution in [0.25, 0.3) is 0 Å². The summed E-state index contributed by atoms with van der Waals surface area (Å²) >= 11 is 3.92. The fraction of sp³-hybridized carbons (Fsp3) is 0.0909. The van der Waals surface area contributed by atoms with Gasteiger partial charge in [-0.15, -0.1) is 5.10 Å². The van der Waals surface area contributed by atoms with Gasteiger partial charge >= 0.3 is 5.97 Å². The number of aromatic carboxylic acids is 1. The molecule has 94 valence electrons. The van der Waals surface area contributed by atoms with Gasteiger partial charge in [-0.3, -0.25) is 0 Å². The first kappa shape index (κ1) is 12.4. The molecule has 7 heteroatoms. The summed E-state index contributed by atoms with van der Waals surface area (Å²) in [5, 5.41) is 12.8. The largest absolute Gasteiger partial charge is 0.478 e. The number of carbonyl (C=O) groups is 1. The lowest BCUT2D eigenvalue weighted by Gasteiger charge is -2.07. The van der Waals surface area contributed by atoms with Crippen LogP contribution in [0.1, 0.15) is 15.9 Å². The van der Waals surface area contributed by atoms with Crippen molar-refractivity contribution in [3.05, 3.63) is 47.4 Å². The highest BCUT2D eigenvalue weighted by atomic mass is 32.1. The Labute approximate surface area is 107 Å². The highest BCUT2D eigenvalue weighted by molar-refractivity contribution is 7.78. The standard InChI is InChI=1S/C11H9FN2O3S/c12-9-3-1-2-7(11(15)16)8(9)6-17-10-4-5-14(18)13-10/h1-5,18H,6H2,(H,15,16). The molecule has 1 heterocycles. The molecule has 0 atom stereocenters. The molecule has 1 N–H and O–H groups in total. The van der Waals surface area contributed by atoms with E-state index in [0.717, 1.165) is 0 Å². The normalized spacial score (nSPS) is 10.3. The molecular weight excluding hydrogens is 259 g/mol. The van der Waals surface area contributed by atoms with Crippen LogP contribution in [0.4, 0.5) is 4.39 Å². The Morgan fingerprint density at radius 1 is 1.50 bits per heavy atom. The lowest BCUT2D eigenvalue weighted by atomic mass is 10.1. The van der Waals surface area contributed by atoms with Gasteiger partial charge in [0.05, 0.1) is 5.56 Å². The van der Waals surface area contributed by atoms with Crippen LogP contribution in [-0.2, 0) is 6.61 Å². The van der Waals surface area contributed by atoms with Gasteiger partial charge in [0.25, 0.3) is 0 Å². The van der Waals surface area contributed by atoms with Gasteiger partial charge in [-0.25, -0.2) is 13.3 Å². The fourth-order valence-electron chi connectivity index (χ4n) is 1.43. The summed E-state index contributed by atoms with van der Waals surface area (Å²) in [6.45, 7) is -0.209. The number of ether oxygens (including phenoxy) is 1. The molecule has 1 aromatic heterocycles. The number of thiol groups is 1. The van der Waals surface area contributed by atoms with Crippen molar-refractivity contribution in [3.63, 3.8) is 0 Å². The molecule has 0 amide bonds. The number of benzene rings is 1. The molecule has 0 unspecified atom stereocenters. The van der Waals surface area contributed by atoms with Crippen molar-refractivity contribution in [2.75, 3.05) is 0 Å². The number of halogens is 1. The van der Waals surface area contributed by atoms with Crippen molar-refractivity contribution in [2.24, 2.45) is 0 Å². The van der Waals surface area contributed by atoms with Crippen molar-refractivity contribution >= 4 is 18.8 Å². The Balaban J connectivity index is 2.20. The Bertz CT molecular complexity index is 585. The van der Waals surface area contributed by atoms with Gasteiger partial charge in [0.15, 0.2) is 0 Å². The van der Waals surface area contributed by atoms with E-state index in [2.05, 4.69) is 17.9 Å². The number of nitrogens with zero attached hydrogens (tertiary/aromatic N) is 2. The fourth-order valence-corrected chi connectivity index (χ4v) is 1.58. The summed E-state index contributed by atoms with van der Waals surface area (Å²) in [4.78, 5) is 10.9. The van der Waals surface area contributed by atoms with Crippen LogP contribution in [0.5, 0.6) is 5.88 Å². The third kappa shape index (κ3) is 2.62. The minimum Gasteiger partial charge on any atom is -0.478 e. The van der Waals surface area contributed by atoms with Crippen LogP contribution in [0.15, 0.2) is 30.5 Å². The minimum atomic E-state index is -1.20. The predicted octanol–water partition coefficient (Wildman–Crippen LogP) is 1.99. The minimum absolute atomic E-state index is 0.0151. The molecule has 0 bridgehead atoms. The monoisotopic (exact) mass is 268 g/mol. The van der Waals surface area contributed by atoms with Gasteiger partial charge < -0.3 is 9.84 Å². The average molecular weight is 268 g/mol. The summed E-state index contributed by atoms with van der Waals surface area (Å²) in [6, 6.07) is 5.38. The van der Waals surface area contributed by atoms with E-state index < -0.39 is 11.8 Å². The van der Waals surface area contributed by atoms with Crippen molar-refractivity contribution in [1.82, 2.24) is 9.19 Å². The highest BCUT2D eigenvalue weighted by Crippen LogP contribution is 2.17. The van der Waals surface area contributed by atoms with Crippen molar-refractivity contribution in [2.45, 2.75) is 6.61 Å². The second kappa shape index (κ2) is 5.09. The van der Waals surface area contributed by atoms with Crippen LogP contribution in [0, 0.1) is 5.82 Å². The second-order valence-electron chi connectivity index (χ2n) is 3.43. The molecule has 0 radical (unpaired) electrons. The molecule has 0 aliphatic rings. The highest BCUT2D eigenvalue weighted by Gasteiger charge is 2.15. The Hall–Kier alpha value is -2.02. The average Bonchev–Trinajstić information content (AvgIpc) is 2.73. The maximum absolute atomic E-state index is 13.5. The van der Waals surface area contributed by atoms with Gasteiger partial charge in [-0.1, -0.05) is 6.07 Å². The SMILES string of the molecule is O=C(O)c1cccc(F)c1COc1ccn(S)n1. The first-order valence-corrected chi connectivity index (χ1v) is 5.36. The van der Waals surface area contributed by atoms with E-state index in [-0.39, 0.29) is 23.6 Å². The molecule has 0 saturated carbocycles. The van der Waals surface area contributed by atoms with Crippen molar-refractivity contribution in [1.29, 1.82) is 0 Å². The van der Waals surface area contributed by atoms with Crippen LogP contribution < -0.4 is 4.74 Å². The van der Waals surface area contributed by atoms with Gasteiger partial charge in [-0.05, 0) is 24.9 Å². The quantitative estimate of drug-likeness (QED) is 0.832. The Morgan fingerprint density at radius 2 is 2.28 bits per heavy atom. The maximum atomic E-state index is 13.5. The molecule has 0 aliphatic carbocycles. The number of hydrogen-bond acceptors (Lipinski definition) is 4. The summed E-state index contributed by atoms with van der Waals surface area (Å²) < 4.78 is 20.0. The van der Waals surface area contributed by atoms with Gasteiger partial charge in [-0.2, -0.15) is 0 Å². The third-order valence-corrected chi connectivity index (χ3v) is 2.49. The van der Waals surface area contributed by atoms with Crippen LogP contribution in [-0.4, -0.2) is 20.3 Å². The van der Waals surface area contributed by atoms with Gasteiger partial charge in [0.1, 0.15) is 12.4 Å². The van der Waals surface area contributed by atoms with Crippen LogP contribution >= 0.6 is 12.8 Å². The topological polar surface area (TPSA) is 64.3 Å². The molecule has 0 fully saturated rings. The molecule has 5 nitrogen and oxygen atoms in total. The number of aromatic nitrogens is 2. The maximum Gasteiger partial charge on any atom is 0.336 e. The van der Waals surface area contributed by atoms with Gasteiger partial charge in [0.2, 0.25) is 5.88 Å². The van der Waals surface area contributed by atoms with Gasteiger partial charge in [0, 0.05) is 17.8 Å². The Morgan fingerprint density at radius 3 is 2.89 bits per heavy atom. The number of carboxylic acids is 1. The van der Waals surface area contributed by atoms with E-state index >= 15 is 0 Å². The molecule has 0 spiro atoms. The van der Waals surface area contributed by atoms with E-state index in [1.165, 1.54) is 34.5 Å². The molecule has 1 aromatic carbocycles. The van der Waals surface area contributed by atoms with E-state index in [0.29, 0.717) is 0 Å². The molecule has 18 heavy (non-hydrogen) atoms. The van der Waals surface area contributed by atoms with Crippen molar-refractivity contribution in [3.8, 4) is 5.88 Å². The number of carboxylic acid groups (broad SMARTS) is 1. The third-order valence-electron chi connectivity index (χ3n) is 2.27. The van der Waals surface area contributed by atoms with E-state index in [1.807, 2.05) is 0 Å².